The SMILES string of the molecule is Cc1ccc(C(O)Cc2ccc3ccccc3n2)s1. The van der Waals surface area contributed by atoms with E-state index in [2.05, 4.69) is 18.0 Å². The van der Waals surface area contributed by atoms with Crippen LogP contribution >= 0.6 is 11.3 Å². The molecular formula is C16H15NOS. The lowest BCUT2D eigenvalue weighted by atomic mass is 10.1. The molecule has 1 atom stereocenters. The third-order valence-electron chi connectivity index (χ3n) is 3.15. The van der Waals surface area contributed by atoms with Crippen LogP contribution in [-0.4, -0.2) is 10.1 Å². The molecule has 0 bridgehead atoms. The van der Waals surface area contributed by atoms with E-state index in [9.17, 15) is 5.11 Å². The second-order valence-electron chi connectivity index (χ2n) is 4.66. The van der Waals surface area contributed by atoms with E-state index in [1.54, 1.807) is 11.3 Å². The van der Waals surface area contributed by atoms with Gasteiger partial charge in [0.15, 0.2) is 0 Å². The summed E-state index contributed by atoms with van der Waals surface area (Å²) in [5, 5.41) is 11.4. The normalized spacial score (nSPS) is 12.7. The van der Waals surface area contributed by atoms with E-state index in [1.807, 2.05) is 42.5 Å². The van der Waals surface area contributed by atoms with Gasteiger partial charge in [-0.25, -0.2) is 0 Å². The van der Waals surface area contributed by atoms with Crippen LogP contribution in [0, 0.1) is 6.92 Å². The van der Waals surface area contributed by atoms with Crippen LogP contribution in [0.1, 0.15) is 21.6 Å². The maximum Gasteiger partial charge on any atom is 0.0937 e. The van der Waals surface area contributed by atoms with Crippen molar-refractivity contribution >= 4 is 22.2 Å². The summed E-state index contributed by atoms with van der Waals surface area (Å²) in [5.41, 5.74) is 1.91. The predicted octanol–water partition coefficient (Wildman–Crippen LogP) is 3.88. The number of thiophene rings is 1. The van der Waals surface area contributed by atoms with Crippen molar-refractivity contribution < 1.29 is 5.11 Å². The van der Waals surface area contributed by atoms with Crippen LogP contribution in [0.5, 0.6) is 0 Å². The van der Waals surface area contributed by atoms with Gasteiger partial charge in [-0.05, 0) is 31.2 Å². The minimum absolute atomic E-state index is 0.465. The Morgan fingerprint density at radius 2 is 1.95 bits per heavy atom. The number of aromatic nitrogens is 1. The number of nitrogens with zero attached hydrogens (tertiary/aromatic N) is 1. The molecule has 2 heterocycles. The maximum absolute atomic E-state index is 10.2. The van der Waals surface area contributed by atoms with Gasteiger partial charge >= 0.3 is 0 Å². The Hall–Kier alpha value is -1.71. The van der Waals surface area contributed by atoms with Gasteiger partial charge in [0.25, 0.3) is 0 Å². The summed E-state index contributed by atoms with van der Waals surface area (Å²) in [6.07, 6.45) is 0.0949. The van der Waals surface area contributed by atoms with Gasteiger partial charge in [0.2, 0.25) is 0 Å². The predicted molar refractivity (Wildman–Crippen MR) is 79.5 cm³/mol. The zero-order valence-electron chi connectivity index (χ0n) is 10.7. The molecule has 2 nitrogen and oxygen atoms in total. The molecule has 96 valence electrons. The number of aliphatic hydroxyl groups is 1. The van der Waals surface area contributed by atoms with Crippen molar-refractivity contribution in [3.63, 3.8) is 0 Å². The largest absolute Gasteiger partial charge is 0.387 e. The van der Waals surface area contributed by atoms with Crippen LogP contribution < -0.4 is 0 Å². The summed E-state index contributed by atoms with van der Waals surface area (Å²) in [4.78, 5) is 6.82. The lowest BCUT2D eigenvalue weighted by Crippen LogP contribution is -2.01. The summed E-state index contributed by atoms with van der Waals surface area (Å²) in [6, 6.07) is 16.1. The molecule has 0 saturated carbocycles. The molecule has 3 aromatic rings. The van der Waals surface area contributed by atoms with E-state index in [0.717, 1.165) is 21.5 Å². The van der Waals surface area contributed by atoms with Gasteiger partial charge in [0.05, 0.1) is 11.6 Å². The highest BCUT2D eigenvalue weighted by Gasteiger charge is 2.11. The first-order valence-electron chi connectivity index (χ1n) is 6.31. The number of para-hydroxylation sites is 1. The molecule has 3 rings (SSSR count). The highest BCUT2D eigenvalue weighted by molar-refractivity contribution is 7.12. The fraction of sp³-hybridized carbons (Fsp3) is 0.188. The first-order valence-corrected chi connectivity index (χ1v) is 7.13. The van der Waals surface area contributed by atoms with Gasteiger partial charge in [0, 0.05) is 27.3 Å². The highest BCUT2D eigenvalue weighted by Crippen LogP contribution is 2.25. The standard InChI is InChI=1S/C16H15NOS/c1-11-6-9-16(19-11)15(18)10-13-8-7-12-4-2-3-5-14(12)17-13/h2-9,15,18H,10H2,1H3. The molecule has 1 aromatic carbocycles. The number of aryl methyl sites for hydroxylation is 1. The van der Waals surface area contributed by atoms with Crippen LogP contribution in [0.2, 0.25) is 0 Å². The van der Waals surface area contributed by atoms with E-state index >= 15 is 0 Å². The van der Waals surface area contributed by atoms with Crippen molar-refractivity contribution in [1.82, 2.24) is 4.98 Å². The number of aliphatic hydroxyl groups excluding tert-OH is 1. The molecule has 0 amide bonds. The molecule has 0 aliphatic heterocycles. The highest BCUT2D eigenvalue weighted by atomic mass is 32.1. The molecular weight excluding hydrogens is 254 g/mol. The van der Waals surface area contributed by atoms with Crippen LogP contribution in [0.15, 0.2) is 48.5 Å². The molecule has 1 unspecified atom stereocenters. The van der Waals surface area contributed by atoms with E-state index in [1.165, 1.54) is 4.88 Å². The van der Waals surface area contributed by atoms with Gasteiger partial charge in [-0.3, -0.25) is 4.98 Å². The summed E-state index contributed by atoms with van der Waals surface area (Å²) in [5.74, 6) is 0. The van der Waals surface area contributed by atoms with E-state index in [4.69, 9.17) is 0 Å². The van der Waals surface area contributed by atoms with Gasteiger partial charge in [-0.1, -0.05) is 24.3 Å². The average molecular weight is 269 g/mol. The van der Waals surface area contributed by atoms with Crippen LogP contribution in [-0.2, 0) is 6.42 Å². The molecule has 3 heteroatoms. The van der Waals surface area contributed by atoms with Crippen molar-refractivity contribution in [2.75, 3.05) is 0 Å². The minimum atomic E-state index is -0.465. The second kappa shape index (κ2) is 5.11. The number of hydrogen-bond donors (Lipinski definition) is 1. The first-order chi connectivity index (χ1) is 9.22. The topological polar surface area (TPSA) is 33.1 Å². The molecule has 0 spiro atoms. The zero-order valence-corrected chi connectivity index (χ0v) is 11.5. The third-order valence-corrected chi connectivity index (χ3v) is 4.25. The van der Waals surface area contributed by atoms with Crippen molar-refractivity contribution in [2.45, 2.75) is 19.4 Å². The summed E-state index contributed by atoms with van der Waals surface area (Å²) in [6.45, 7) is 2.05. The molecule has 0 aliphatic carbocycles. The maximum atomic E-state index is 10.2. The number of hydrogen-bond acceptors (Lipinski definition) is 3. The van der Waals surface area contributed by atoms with Gasteiger partial charge in [-0.2, -0.15) is 0 Å². The quantitative estimate of drug-likeness (QED) is 0.782. The minimum Gasteiger partial charge on any atom is -0.387 e. The smallest absolute Gasteiger partial charge is 0.0937 e. The summed E-state index contributed by atoms with van der Waals surface area (Å²) >= 11 is 1.64. The molecule has 0 aliphatic rings. The Morgan fingerprint density at radius 3 is 2.74 bits per heavy atom. The summed E-state index contributed by atoms with van der Waals surface area (Å²) in [7, 11) is 0. The third kappa shape index (κ3) is 2.67. The fourth-order valence-electron chi connectivity index (χ4n) is 2.15. The van der Waals surface area contributed by atoms with Crippen molar-refractivity contribution in [2.24, 2.45) is 0 Å². The van der Waals surface area contributed by atoms with Crippen LogP contribution in [0.3, 0.4) is 0 Å². The average Bonchev–Trinajstić information content (AvgIpc) is 2.85. The van der Waals surface area contributed by atoms with E-state index < -0.39 is 6.10 Å². The molecule has 1 N–H and O–H groups in total. The number of pyridine rings is 1. The monoisotopic (exact) mass is 269 g/mol. The molecule has 19 heavy (non-hydrogen) atoms. The molecule has 0 radical (unpaired) electrons. The van der Waals surface area contributed by atoms with Gasteiger partial charge < -0.3 is 5.11 Å². The lowest BCUT2D eigenvalue weighted by Gasteiger charge is -2.08. The summed E-state index contributed by atoms with van der Waals surface area (Å²) < 4.78 is 0. The Morgan fingerprint density at radius 1 is 1.11 bits per heavy atom. The van der Waals surface area contributed by atoms with Crippen LogP contribution in [0.25, 0.3) is 10.9 Å². The Bertz CT molecular complexity index is 705. The van der Waals surface area contributed by atoms with Gasteiger partial charge in [-0.15, -0.1) is 11.3 Å². The molecule has 0 saturated heterocycles. The Kier molecular flexibility index (Phi) is 3.32. The lowest BCUT2D eigenvalue weighted by molar-refractivity contribution is 0.181. The van der Waals surface area contributed by atoms with Crippen molar-refractivity contribution in [1.29, 1.82) is 0 Å². The van der Waals surface area contributed by atoms with Crippen LogP contribution in [0.4, 0.5) is 0 Å². The first kappa shape index (κ1) is 12.3. The second-order valence-corrected chi connectivity index (χ2v) is 5.98. The van der Waals surface area contributed by atoms with Gasteiger partial charge in [0.1, 0.15) is 0 Å². The molecule has 2 aromatic heterocycles. The van der Waals surface area contributed by atoms with E-state index in [-0.39, 0.29) is 0 Å². The van der Waals surface area contributed by atoms with Crippen molar-refractivity contribution in [3.05, 3.63) is 64.0 Å². The number of rotatable bonds is 3. The zero-order chi connectivity index (χ0) is 13.2. The molecule has 0 fully saturated rings. The Balaban J connectivity index is 1.84. The fourth-order valence-corrected chi connectivity index (χ4v) is 3.02. The van der Waals surface area contributed by atoms with E-state index in [0.29, 0.717) is 6.42 Å². The number of fused-ring (bicyclic) bond motifs is 1. The Labute approximate surface area is 116 Å². The number of benzene rings is 1. The van der Waals surface area contributed by atoms with Crippen molar-refractivity contribution in [3.8, 4) is 0 Å².